The van der Waals surface area contributed by atoms with Crippen LogP contribution in [0.1, 0.15) is 70.4 Å². The van der Waals surface area contributed by atoms with Gasteiger partial charge in [0.05, 0.1) is 35.6 Å². The number of amides is 1. The van der Waals surface area contributed by atoms with Crippen molar-refractivity contribution >= 4 is 85.0 Å². The van der Waals surface area contributed by atoms with Crippen LogP contribution in [0, 0.1) is 11.8 Å². The molecule has 5 unspecified atom stereocenters. The standard InChI is InChI=1S/C52H56N7O13P3/c1-7-57-39-26-23-33-16-11-13-19-37(33)46(39)51(2,3)41(57)21-9-8-10-22-42-52(4,5)47-38-20-14-12-17-34(38)24-27-40(47)58(42)31-43(60)54-29-15-18-35-30-59(48-45(35)49(61)56-50(53)55-48)44-28-25-36(70-44)32-69-74(64,65)72-75(66,67)71-73(62,63)68-6/h8-14,16-17,19-24,26-27,30,36,44H,7,25,28-29,31-32H2,1-6H3,(H6-,53,54,55,56,60,61,62,63,64,65,66,67)/p-2. The predicted molar refractivity (Wildman–Crippen MR) is 279 cm³/mol. The first kappa shape index (κ1) is 53.5. The molecule has 392 valence electrons. The Labute approximate surface area is 432 Å². The maximum absolute atomic E-state index is 13.9. The molecule has 0 bridgehead atoms. The first-order chi connectivity index (χ1) is 35.5. The Balaban J connectivity index is 0.915. The van der Waals surface area contributed by atoms with Gasteiger partial charge in [-0.05, 0) is 78.9 Å². The molecule has 3 aliphatic heterocycles. The molecule has 4 N–H and O–H groups in total. The lowest BCUT2D eigenvalue weighted by Crippen LogP contribution is -2.34. The average molecular weight is 1080 g/mol. The number of phosphoric ester groups is 2. The molecule has 75 heavy (non-hydrogen) atoms. The van der Waals surface area contributed by atoms with Gasteiger partial charge in [0.15, 0.2) is 11.4 Å². The largest absolute Gasteiger partial charge is 0.756 e. The Bertz CT molecular complexity index is 3700. The lowest BCUT2D eigenvalue weighted by molar-refractivity contribution is -0.425. The summed E-state index contributed by atoms with van der Waals surface area (Å²) >= 11 is 0. The summed E-state index contributed by atoms with van der Waals surface area (Å²) in [5, 5.41) is 7.64. The van der Waals surface area contributed by atoms with Crippen LogP contribution in [-0.2, 0) is 51.7 Å². The van der Waals surface area contributed by atoms with Gasteiger partial charge in [-0.25, -0.2) is 8.62 Å². The summed E-state index contributed by atoms with van der Waals surface area (Å²) in [5.74, 6) is 5.39. The number of likely N-dealkylation sites (N-methyl/N-ethyl adjacent to an activating group) is 1. The lowest BCUT2D eigenvalue weighted by atomic mass is 9.79. The van der Waals surface area contributed by atoms with Gasteiger partial charge in [-0.15, -0.1) is 0 Å². The number of allylic oxidation sites excluding steroid dienone is 6. The predicted octanol–water partition coefficient (Wildman–Crippen LogP) is 6.75. The SMILES string of the molecule is CCN1/C(=C/C=C/C=C/C2=[N+](CC(=O)NCC#Cc3cn(C4CCC(COP(=O)([O-])OP(=O)([O-])OP(=O)([O-])OC)O4)c4nc(N)[nH]c(=O)c34)c3ccc4ccccc4c3C2(C)C)C(C)(C)c2c1ccc1ccccc21. The first-order valence-corrected chi connectivity index (χ1v) is 28.3. The molecule has 23 heteroatoms. The van der Waals surface area contributed by atoms with Gasteiger partial charge in [0.25, 0.3) is 34.9 Å². The van der Waals surface area contributed by atoms with E-state index >= 15 is 0 Å². The van der Waals surface area contributed by atoms with Crippen LogP contribution in [-0.4, -0.2) is 70.2 Å². The number of nitrogens with one attached hydrogen (secondary N) is 2. The summed E-state index contributed by atoms with van der Waals surface area (Å²) in [4.78, 5) is 71.8. The van der Waals surface area contributed by atoms with Gasteiger partial charge >= 0.3 is 0 Å². The Morgan fingerprint density at radius 1 is 0.920 bits per heavy atom. The molecule has 1 amide bonds. The number of nitrogens with two attached hydrogens (primary N) is 1. The van der Waals surface area contributed by atoms with E-state index < -0.39 is 53.4 Å². The normalized spacial score (nSPS) is 20.9. The monoisotopic (exact) mass is 1080 g/mol. The molecule has 0 aliphatic carbocycles. The molecule has 5 atom stereocenters. The van der Waals surface area contributed by atoms with E-state index in [2.05, 4.69) is 163 Å². The van der Waals surface area contributed by atoms with Crippen LogP contribution in [0.2, 0.25) is 0 Å². The zero-order valence-corrected chi connectivity index (χ0v) is 44.5. The highest BCUT2D eigenvalue weighted by molar-refractivity contribution is 7.65. The zero-order chi connectivity index (χ0) is 53.7. The minimum Gasteiger partial charge on any atom is -0.756 e. The molecule has 1 saturated heterocycles. The number of benzene rings is 4. The van der Waals surface area contributed by atoms with Gasteiger partial charge in [0, 0.05) is 54.4 Å². The van der Waals surface area contributed by atoms with E-state index in [-0.39, 0.29) is 59.8 Å². The maximum atomic E-state index is 13.9. The third-order valence-electron chi connectivity index (χ3n) is 13.6. The molecular formula is C52H54N7O13P3-2. The lowest BCUT2D eigenvalue weighted by Gasteiger charge is -2.33. The number of rotatable bonds is 16. The molecule has 0 saturated carbocycles. The van der Waals surface area contributed by atoms with Crippen molar-refractivity contribution in [3.63, 3.8) is 0 Å². The average Bonchev–Trinajstić information content (AvgIpc) is 4.11. The molecule has 2 aromatic heterocycles. The van der Waals surface area contributed by atoms with E-state index in [1.165, 1.54) is 38.5 Å². The van der Waals surface area contributed by atoms with Gasteiger partial charge in [-0.3, -0.25) is 28.3 Å². The Morgan fingerprint density at radius 2 is 1.60 bits per heavy atom. The van der Waals surface area contributed by atoms with Crippen molar-refractivity contribution in [2.75, 3.05) is 44.0 Å². The van der Waals surface area contributed by atoms with Gasteiger partial charge in [0.1, 0.15) is 6.23 Å². The summed E-state index contributed by atoms with van der Waals surface area (Å²) < 4.78 is 61.0. The van der Waals surface area contributed by atoms with Crippen molar-refractivity contribution in [2.45, 2.75) is 70.6 Å². The second kappa shape index (κ2) is 20.7. The molecule has 0 radical (unpaired) electrons. The maximum Gasteiger partial charge on any atom is 0.286 e. The van der Waals surface area contributed by atoms with Crippen molar-refractivity contribution in [1.82, 2.24) is 19.9 Å². The fraction of sp³-hybridized carbons (Fsp3) is 0.308. The number of nitrogens with zero attached hydrogens (tertiary/aromatic N) is 4. The van der Waals surface area contributed by atoms with Crippen molar-refractivity contribution in [2.24, 2.45) is 0 Å². The molecule has 9 rings (SSSR count). The quantitative estimate of drug-likeness (QED) is 0.0391. The molecule has 3 aliphatic rings. The Hall–Kier alpha value is -6.29. The molecular weight excluding hydrogens is 1020 g/mol. The molecule has 0 spiro atoms. The van der Waals surface area contributed by atoms with Crippen molar-refractivity contribution in [3.05, 3.63) is 142 Å². The summed E-state index contributed by atoms with van der Waals surface area (Å²) in [6, 6.07) is 25.2. The summed E-state index contributed by atoms with van der Waals surface area (Å²) in [5.41, 5.74) is 11.6. The van der Waals surface area contributed by atoms with Gasteiger partial charge in [0.2, 0.25) is 18.2 Å². The number of hydrogen-bond donors (Lipinski definition) is 3. The molecule has 1 fully saturated rings. The number of phosphoric acid groups is 3. The summed E-state index contributed by atoms with van der Waals surface area (Å²) in [6.07, 6.45) is 10.5. The van der Waals surface area contributed by atoms with Crippen molar-refractivity contribution in [1.29, 1.82) is 0 Å². The van der Waals surface area contributed by atoms with Crippen LogP contribution in [0.3, 0.4) is 0 Å². The highest BCUT2D eigenvalue weighted by Crippen LogP contribution is 2.63. The molecule has 20 nitrogen and oxygen atoms in total. The van der Waals surface area contributed by atoms with Crippen LogP contribution in [0.5, 0.6) is 0 Å². The Kier molecular flexibility index (Phi) is 14.8. The minimum atomic E-state index is -5.98. The van der Waals surface area contributed by atoms with E-state index in [1.54, 1.807) is 0 Å². The number of H-pyrrole nitrogens is 1. The number of ether oxygens (including phenoxy) is 1. The van der Waals surface area contributed by atoms with Crippen LogP contribution in [0.15, 0.2) is 120 Å². The second-order valence-corrected chi connectivity index (χ2v) is 23.7. The Morgan fingerprint density at radius 3 is 2.31 bits per heavy atom. The highest BCUT2D eigenvalue weighted by atomic mass is 31.3. The fourth-order valence-corrected chi connectivity index (χ4v) is 13.6. The summed E-state index contributed by atoms with van der Waals surface area (Å²) in [6.45, 7) is 11.0. The van der Waals surface area contributed by atoms with E-state index in [0.29, 0.717) is 7.11 Å². The van der Waals surface area contributed by atoms with Crippen molar-refractivity contribution < 1.29 is 60.2 Å². The third kappa shape index (κ3) is 10.8. The minimum absolute atomic E-state index is 0.0181. The van der Waals surface area contributed by atoms with Crippen LogP contribution in [0.25, 0.3) is 32.6 Å². The van der Waals surface area contributed by atoms with Crippen LogP contribution >= 0.6 is 23.5 Å². The number of fused-ring (bicyclic) bond motifs is 7. The topological polar surface area (TPSA) is 279 Å². The molecule has 4 aromatic carbocycles. The highest BCUT2D eigenvalue weighted by Gasteiger charge is 2.46. The van der Waals surface area contributed by atoms with E-state index in [4.69, 9.17) is 10.5 Å². The first-order valence-electron chi connectivity index (χ1n) is 23.9. The van der Waals surface area contributed by atoms with Crippen LogP contribution in [0.4, 0.5) is 17.3 Å². The molecule has 6 aromatic rings. The number of aromatic amines is 1. The fourth-order valence-electron chi connectivity index (χ4n) is 10.4. The van der Waals surface area contributed by atoms with Gasteiger partial charge in [-0.1, -0.05) is 98.5 Å². The van der Waals surface area contributed by atoms with E-state index in [0.717, 1.165) is 34.3 Å². The van der Waals surface area contributed by atoms with Crippen LogP contribution < -0.4 is 36.2 Å². The van der Waals surface area contributed by atoms with E-state index in [1.807, 2.05) is 28.9 Å². The number of carbonyl (C=O) groups excluding carboxylic acids is 1. The van der Waals surface area contributed by atoms with Gasteiger partial charge in [-0.2, -0.15) is 9.56 Å². The number of anilines is 2. The summed E-state index contributed by atoms with van der Waals surface area (Å²) in [7, 11) is -16.5. The number of nitrogen functional groups attached to an aromatic ring is 1. The van der Waals surface area contributed by atoms with Gasteiger partial charge < -0.3 is 49.0 Å². The second-order valence-electron chi connectivity index (χ2n) is 19.1. The smallest absolute Gasteiger partial charge is 0.286 e. The number of hydrogen-bond acceptors (Lipinski definition) is 16. The van der Waals surface area contributed by atoms with E-state index in [9.17, 15) is 38.0 Å². The molecule has 5 heterocycles. The third-order valence-corrected chi connectivity index (χ3v) is 17.7. The number of carbonyl (C=O) groups is 1. The number of aromatic nitrogens is 3. The van der Waals surface area contributed by atoms with Crippen molar-refractivity contribution in [3.8, 4) is 11.8 Å². The zero-order valence-electron chi connectivity index (χ0n) is 41.8.